The van der Waals surface area contributed by atoms with Gasteiger partial charge in [-0.3, -0.25) is 4.79 Å². The molecular formula is C16H16O6. The molecule has 22 heavy (non-hydrogen) atoms. The van der Waals surface area contributed by atoms with Crippen LogP contribution in [0.2, 0.25) is 0 Å². The Hall–Kier alpha value is -2.76. The molecule has 6 nitrogen and oxygen atoms in total. The molecule has 0 radical (unpaired) electrons. The number of ether oxygens (including phenoxy) is 2. The van der Waals surface area contributed by atoms with Crippen molar-refractivity contribution in [3.63, 3.8) is 0 Å². The van der Waals surface area contributed by atoms with Gasteiger partial charge >= 0.3 is 5.97 Å². The van der Waals surface area contributed by atoms with Gasteiger partial charge in [0.05, 0.1) is 7.11 Å². The minimum Gasteiger partial charge on any atom is -0.493 e. The van der Waals surface area contributed by atoms with Crippen molar-refractivity contribution in [1.82, 2.24) is 0 Å². The van der Waals surface area contributed by atoms with Crippen LogP contribution < -0.4 is 9.47 Å². The zero-order valence-electron chi connectivity index (χ0n) is 12.3. The van der Waals surface area contributed by atoms with Crippen molar-refractivity contribution in [1.29, 1.82) is 0 Å². The molecular weight excluding hydrogens is 288 g/mol. The van der Waals surface area contributed by atoms with Gasteiger partial charge in [-0.25, -0.2) is 4.79 Å². The number of carboxylic acid groups (broad SMARTS) is 1. The standard InChI is InChI=1S/C16H16O6/c1-3-12(17)10-4-6-13(15(8-10)20-2)21-9-11-5-7-14(22-11)16(18)19/h4-8H,3,9H2,1-2H3,(H,18,19). The average Bonchev–Trinajstić information content (AvgIpc) is 3.01. The third kappa shape index (κ3) is 3.46. The molecule has 0 unspecified atom stereocenters. The van der Waals surface area contributed by atoms with Crippen LogP contribution in [0.4, 0.5) is 0 Å². The lowest BCUT2D eigenvalue weighted by molar-refractivity contribution is 0.0658. The molecule has 116 valence electrons. The van der Waals surface area contributed by atoms with Gasteiger partial charge in [-0.15, -0.1) is 0 Å². The monoisotopic (exact) mass is 304 g/mol. The molecule has 1 heterocycles. The highest BCUT2D eigenvalue weighted by molar-refractivity contribution is 5.96. The van der Waals surface area contributed by atoms with Gasteiger partial charge in [-0.2, -0.15) is 0 Å². The lowest BCUT2D eigenvalue weighted by atomic mass is 10.1. The molecule has 1 aromatic heterocycles. The van der Waals surface area contributed by atoms with E-state index in [0.29, 0.717) is 29.2 Å². The zero-order valence-corrected chi connectivity index (χ0v) is 12.3. The number of rotatable bonds is 7. The van der Waals surface area contributed by atoms with E-state index in [4.69, 9.17) is 19.0 Å². The molecule has 1 aromatic carbocycles. The molecule has 0 aliphatic heterocycles. The van der Waals surface area contributed by atoms with Gasteiger partial charge in [0.1, 0.15) is 12.4 Å². The smallest absolute Gasteiger partial charge is 0.371 e. The fraction of sp³-hybridized carbons (Fsp3) is 0.250. The Kier molecular flexibility index (Phi) is 4.83. The predicted molar refractivity (Wildman–Crippen MR) is 77.6 cm³/mol. The third-order valence-corrected chi connectivity index (χ3v) is 3.05. The number of Topliss-reactive ketones (excluding diaryl/α,β-unsaturated/α-hetero) is 1. The second-order valence-corrected chi connectivity index (χ2v) is 4.50. The largest absolute Gasteiger partial charge is 0.493 e. The Morgan fingerprint density at radius 2 is 1.95 bits per heavy atom. The first-order valence-electron chi connectivity index (χ1n) is 6.71. The molecule has 1 N–H and O–H groups in total. The minimum atomic E-state index is -1.13. The van der Waals surface area contributed by atoms with E-state index in [0.717, 1.165) is 0 Å². The topological polar surface area (TPSA) is 86.0 Å². The molecule has 0 amide bonds. The summed E-state index contributed by atoms with van der Waals surface area (Å²) in [5.74, 6) is 0.00334. The summed E-state index contributed by atoms with van der Waals surface area (Å²) < 4.78 is 15.9. The van der Waals surface area contributed by atoms with Crippen LogP contribution in [0.3, 0.4) is 0 Å². The SMILES string of the molecule is CCC(=O)c1ccc(OCc2ccc(C(=O)O)o2)c(OC)c1. The van der Waals surface area contributed by atoms with Crippen LogP contribution in [0.15, 0.2) is 34.7 Å². The first-order valence-corrected chi connectivity index (χ1v) is 6.71. The van der Waals surface area contributed by atoms with E-state index in [1.165, 1.54) is 19.2 Å². The Bertz CT molecular complexity index is 686. The summed E-state index contributed by atoms with van der Waals surface area (Å²) in [5, 5.41) is 8.78. The molecule has 0 spiro atoms. The number of aromatic carboxylic acids is 1. The maximum atomic E-state index is 11.7. The molecule has 0 aliphatic rings. The quantitative estimate of drug-likeness (QED) is 0.791. The number of hydrogen-bond donors (Lipinski definition) is 1. The second-order valence-electron chi connectivity index (χ2n) is 4.50. The Morgan fingerprint density at radius 3 is 2.55 bits per heavy atom. The highest BCUT2D eigenvalue weighted by Crippen LogP contribution is 2.29. The number of ketones is 1. The number of methoxy groups -OCH3 is 1. The number of carbonyl (C=O) groups excluding carboxylic acids is 1. The van der Waals surface area contributed by atoms with E-state index >= 15 is 0 Å². The summed E-state index contributed by atoms with van der Waals surface area (Å²) >= 11 is 0. The van der Waals surface area contributed by atoms with E-state index in [1.54, 1.807) is 25.1 Å². The van der Waals surface area contributed by atoms with Crippen LogP contribution in [0, 0.1) is 0 Å². The van der Waals surface area contributed by atoms with Crippen LogP contribution in [0.1, 0.15) is 40.0 Å². The van der Waals surface area contributed by atoms with Crippen molar-refractivity contribution in [3.8, 4) is 11.5 Å². The van der Waals surface area contributed by atoms with Crippen molar-refractivity contribution in [2.24, 2.45) is 0 Å². The Morgan fingerprint density at radius 1 is 1.18 bits per heavy atom. The second kappa shape index (κ2) is 6.80. The maximum Gasteiger partial charge on any atom is 0.371 e. The van der Waals surface area contributed by atoms with Gasteiger partial charge in [0.15, 0.2) is 17.3 Å². The molecule has 0 bridgehead atoms. The highest BCUT2D eigenvalue weighted by atomic mass is 16.5. The number of furan rings is 1. The normalized spacial score (nSPS) is 10.3. The predicted octanol–water partition coefficient (Wildman–Crippen LogP) is 3.16. The molecule has 6 heteroatoms. The van der Waals surface area contributed by atoms with Crippen molar-refractivity contribution >= 4 is 11.8 Å². The van der Waals surface area contributed by atoms with Crippen LogP contribution in [-0.4, -0.2) is 24.0 Å². The van der Waals surface area contributed by atoms with Gasteiger partial charge in [-0.05, 0) is 30.3 Å². The van der Waals surface area contributed by atoms with Gasteiger partial charge in [0, 0.05) is 12.0 Å². The number of hydrogen-bond acceptors (Lipinski definition) is 5. The summed E-state index contributed by atoms with van der Waals surface area (Å²) in [5.41, 5.74) is 0.554. The number of carboxylic acids is 1. The first-order chi connectivity index (χ1) is 10.5. The lowest BCUT2D eigenvalue weighted by Crippen LogP contribution is -2.01. The van der Waals surface area contributed by atoms with Crippen molar-refractivity contribution in [3.05, 3.63) is 47.4 Å². The van der Waals surface area contributed by atoms with E-state index < -0.39 is 5.97 Å². The third-order valence-electron chi connectivity index (χ3n) is 3.05. The average molecular weight is 304 g/mol. The van der Waals surface area contributed by atoms with Gasteiger partial charge in [-0.1, -0.05) is 6.92 Å². The summed E-state index contributed by atoms with van der Waals surface area (Å²) in [6, 6.07) is 7.81. The van der Waals surface area contributed by atoms with E-state index in [1.807, 2.05) is 0 Å². The molecule has 0 atom stereocenters. The van der Waals surface area contributed by atoms with Crippen LogP contribution in [0.25, 0.3) is 0 Å². The molecule has 0 fully saturated rings. The summed E-state index contributed by atoms with van der Waals surface area (Å²) in [4.78, 5) is 22.4. The van der Waals surface area contributed by atoms with Crippen LogP contribution in [0.5, 0.6) is 11.5 Å². The zero-order chi connectivity index (χ0) is 16.1. The maximum absolute atomic E-state index is 11.7. The van der Waals surface area contributed by atoms with Crippen molar-refractivity contribution < 1.29 is 28.6 Å². The molecule has 2 aromatic rings. The molecule has 0 aliphatic carbocycles. The first kappa shape index (κ1) is 15.6. The van der Waals surface area contributed by atoms with E-state index in [9.17, 15) is 9.59 Å². The Labute approximate surface area is 127 Å². The Balaban J connectivity index is 2.11. The van der Waals surface area contributed by atoms with Crippen molar-refractivity contribution in [2.45, 2.75) is 20.0 Å². The molecule has 0 saturated carbocycles. The lowest BCUT2D eigenvalue weighted by Gasteiger charge is -2.10. The number of carbonyl (C=O) groups is 2. The number of benzene rings is 1. The highest BCUT2D eigenvalue weighted by Gasteiger charge is 2.12. The minimum absolute atomic E-state index is 0.0157. The summed E-state index contributed by atoms with van der Waals surface area (Å²) in [6.07, 6.45) is 0.410. The fourth-order valence-corrected chi connectivity index (χ4v) is 1.88. The summed E-state index contributed by atoms with van der Waals surface area (Å²) in [6.45, 7) is 1.85. The van der Waals surface area contributed by atoms with Crippen molar-refractivity contribution in [2.75, 3.05) is 7.11 Å². The van der Waals surface area contributed by atoms with Crippen LogP contribution >= 0.6 is 0 Å². The fourth-order valence-electron chi connectivity index (χ4n) is 1.88. The van der Waals surface area contributed by atoms with E-state index in [2.05, 4.69) is 0 Å². The van der Waals surface area contributed by atoms with Gasteiger partial charge in [0.2, 0.25) is 5.76 Å². The van der Waals surface area contributed by atoms with Crippen LogP contribution in [-0.2, 0) is 6.61 Å². The summed E-state index contributed by atoms with van der Waals surface area (Å²) in [7, 11) is 1.48. The van der Waals surface area contributed by atoms with Gasteiger partial charge < -0.3 is 19.0 Å². The van der Waals surface area contributed by atoms with E-state index in [-0.39, 0.29) is 18.2 Å². The van der Waals surface area contributed by atoms with Gasteiger partial charge in [0.25, 0.3) is 0 Å². The molecule has 2 rings (SSSR count). The molecule has 0 saturated heterocycles.